The van der Waals surface area contributed by atoms with E-state index in [0.29, 0.717) is 13.0 Å². The van der Waals surface area contributed by atoms with E-state index in [4.69, 9.17) is 4.74 Å². The number of carbonyl (C=O) groups is 1. The standard InChI is InChI=1S/C22H24N2O2/c1-26-12-11-24-10-9-19-15-20(7-8-21(19)24)23-22(25)14-16-5-6-17-3-2-4-18(17)13-16/h5-10,13,15H,2-4,11-12,14H2,1H3,(H,23,25). The molecule has 0 spiro atoms. The van der Waals surface area contributed by atoms with Crippen LogP contribution in [0.3, 0.4) is 0 Å². The van der Waals surface area contributed by atoms with Crippen LogP contribution < -0.4 is 5.32 Å². The van der Waals surface area contributed by atoms with Crippen molar-refractivity contribution in [2.45, 2.75) is 32.2 Å². The smallest absolute Gasteiger partial charge is 0.228 e. The second-order valence-corrected chi connectivity index (χ2v) is 6.96. The minimum Gasteiger partial charge on any atom is -0.383 e. The second-order valence-electron chi connectivity index (χ2n) is 6.96. The van der Waals surface area contributed by atoms with E-state index in [2.05, 4.69) is 46.4 Å². The molecular formula is C22H24N2O2. The van der Waals surface area contributed by atoms with E-state index < -0.39 is 0 Å². The molecule has 0 radical (unpaired) electrons. The molecule has 0 saturated carbocycles. The van der Waals surface area contributed by atoms with Gasteiger partial charge in [0, 0.05) is 36.4 Å². The number of fused-ring (bicyclic) bond motifs is 2. The Morgan fingerprint density at radius 3 is 2.88 bits per heavy atom. The van der Waals surface area contributed by atoms with Gasteiger partial charge in [0.2, 0.25) is 5.91 Å². The van der Waals surface area contributed by atoms with Gasteiger partial charge in [0.15, 0.2) is 0 Å². The van der Waals surface area contributed by atoms with E-state index in [1.54, 1.807) is 7.11 Å². The van der Waals surface area contributed by atoms with Crippen molar-refractivity contribution in [3.63, 3.8) is 0 Å². The SMILES string of the molecule is COCCn1ccc2cc(NC(=O)Cc3ccc4c(c3)CCC4)ccc21. The third-order valence-electron chi connectivity index (χ3n) is 5.12. The number of hydrogen-bond acceptors (Lipinski definition) is 2. The molecule has 4 nitrogen and oxygen atoms in total. The molecule has 0 atom stereocenters. The molecule has 1 aromatic heterocycles. The molecule has 0 bridgehead atoms. The fraction of sp³-hybridized carbons (Fsp3) is 0.318. The van der Waals surface area contributed by atoms with Gasteiger partial charge in [-0.2, -0.15) is 0 Å². The zero-order valence-corrected chi connectivity index (χ0v) is 15.1. The summed E-state index contributed by atoms with van der Waals surface area (Å²) in [6, 6.07) is 14.6. The van der Waals surface area contributed by atoms with Crippen LogP contribution in [-0.4, -0.2) is 24.2 Å². The molecule has 0 aliphatic heterocycles. The molecular weight excluding hydrogens is 324 g/mol. The Morgan fingerprint density at radius 2 is 2.00 bits per heavy atom. The van der Waals surface area contributed by atoms with Crippen LogP contribution in [-0.2, 0) is 35.3 Å². The van der Waals surface area contributed by atoms with Crippen LogP contribution in [0.4, 0.5) is 5.69 Å². The van der Waals surface area contributed by atoms with Gasteiger partial charge in [-0.05, 0) is 60.2 Å². The van der Waals surface area contributed by atoms with E-state index >= 15 is 0 Å². The number of benzene rings is 2. The highest BCUT2D eigenvalue weighted by molar-refractivity contribution is 5.95. The van der Waals surface area contributed by atoms with Crippen molar-refractivity contribution in [1.82, 2.24) is 4.57 Å². The molecule has 2 aromatic carbocycles. The highest BCUT2D eigenvalue weighted by atomic mass is 16.5. The van der Waals surface area contributed by atoms with Crippen molar-refractivity contribution in [2.24, 2.45) is 0 Å². The average molecular weight is 348 g/mol. The van der Waals surface area contributed by atoms with Crippen molar-refractivity contribution >= 4 is 22.5 Å². The molecule has 3 aromatic rings. The topological polar surface area (TPSA) is 43.3 Å². The lowest BCUT2D eigenvalue weighted by Gasteiger charge is -2.08. The van der Waals surface area contributed by atoms with Crippen molar-refractivity contribution in [3.05, 3.63) is 65.4 Å². The Morgan fingerprint density at radius 1 is 1.12 bits per heavy atom. The molecule has 1 N–H and O–H groups in total. The summed E-state index contributed by atoms with van der Waals surface area (Å²) in [5, 5.41) is 4.15. The van der Waals surface area contributed by atoms with Crippen LogP contribution in [0.5, 0.6) is 0 Å². The first-order valence-electron chi connectivity index (χ1n) is 9.21. The highest BCUT2D eigenvalue weighted by Gasteiger charge is 2.12. The molecule has 4 heteroatoms. The lowest BCUT2D eigenvalue weighted by atomic mass is 10.0. The summed E-state index contributed by atoms with van der Waals surface area (Å²) < 4.78 is 7.31. The first-order valence-corrected chi connectivity index (χ1v) is 9.21. The molecule has 0 fully saturated rings. The number of aromatic nitrogens is 1. The summed E-state index contributed by atoms with van der Waals surface area (Å²) in [5.41, 5.74) is 5.94. The third kappa shape index (κ3) is 3.51. The largest absolute Gasteiger partial charge is 0.383 e. The maximum Gasteiger partial charge on any atom is 0.228 e. The maximum absolute atomic E-state index is 12.4. The average Bonchev–Trinajstić information content (AvgIpc) is 3.25. The highest BCUT2D eigenvalue weighted by Crippen LogP contribution is 2.24. The van der Waals surface area contributed by atoms with Crippen molar-refractivity contribution in [3.8, 4) is 0 Å². The van der Waals surface area contributed by atoms with Gasteiger partial charge in [-0.15, -0.1) is 0 Å². The predicted octanol–water partition coefficient (Wildman–Crippen LogP) is 3.96. The fourth-order valence-corrected chi connectivity index (χ4v) is 3.79. The number of hydrogen-bond donors (Lipinski definition) is 1. The number of carbonyl (C=O) groups excluding carboxylic acids is 1. The van der Waals surface area contributed by atoms with Crippen LogP contribution >= 0.6 is 0 Å². The number of aryl methyl sites for hydroxylation is 2. The zero-order chi connectivity index (χ0) is 17.9. The van der Waals surface area contributed by atoms with Gasteiger partial charge in [0.1, 0.15) is 0 Å². The summed E-state index contributed by atoms with van der Waals surface area (Å²) in [6.45, 7) is 1.51. The summed E-state index contributed by atoms with van der Waals surface area (Å²) in [7, 11) is 1.71. The summed E-state index contributed by atoms with van der Waals surface area (Å²) >= 11 is 0. The summed E-state index contributed by atoms with van der Waals surface area (Å²) in [5.74, 6) is 0.0288. The fourth-order valence-electron chi connectivity index (χ4n) is 3.79. The van der Waals surface area contributed by atoms with Crippen molar-refractivity contribution < 1.29 is 9.53 Å². The molecule has 1 heterocycles. The normalized spacial score (nSPS) is 13.1. The van der Waals surface area contributed by atoms with E-state index in [1.165, 1.54) is 24.0 Å². The third-order valence-corrected chi connectivity index (χ3v) is 5.12. The summed E-state index contributed by atoms with van der Waals surface area (Å²) in [6.07, 6.45) is 6.02. The lowest BCUT2D eigenvalue weighted by Crippen LogP contribution is -2.14. The van der Waals surface area contributed by atoms with Crippen LogP contribution in [0, 0.1) is 0 Å². The minimum atomic E-state index is 0.0288. The Balaban J connectivity index is 1.44. The predicted molar refractivity (Wildman–Crippen MR) is 105 cm³/mol. The van der Waals surface area contributed by atoms with E-state index in [-0.39, 0.29) is 5.91 Å². The quantitative estimate of drug-likeness (QED) is 0.733. The lowest BCUT2D eigenvalue weighted by molar-refractivity contribution is -0.115. The molecule has 1 aliphatic rings. The van der Waals surface area contributed by atoms with Crippen LogP contribution in [0.15, 0.2) is 48.7 Å². The zero-order valence-electron chi connectivity index (χ0n) is 15.1. The number of ether oxygens (including phenoxy) is 1. The maximum atomic E-state index is 12.4. The second kappa shape index (κ2) is 7.34. The first kappa shape index (κ1) is 16.9. The Bertz CT molecular complexity index is 942. The van der Waals surface area contributed by atoms with E-state index in [1.807, 2.05) is 12.1 Å². The van der Waals surface area contributed by atoms with Crippen molar-refractivity contribution in [1.29, 1.82) is 0 Å². The van der Waals surface area contributed by atoms with Gasteiger partial charge >= 0.3 is 0 Å². The molecule has 26 heavy (non-hydrogen) atoms. The Labute approximate surface area is 153 Å². The number of rotatable bonds is 6. The molecule has 0 unspecified atom stereocenters. The minimum absolute atomic E-state index is 0.0288. The van der Waals surface area contributed by atoms with Crippen LogP contribution in [0.2, 0.25) is 0 Å². The summed E-state index contributed by atoms with van der Waals surface area (Å²) in [4.78, 5) is 12.4. The number of amides is 1. The molecule has 1 aliphatic carbocycles. The number of methoxy groups -OCH3 is 1. The van der Waals surface area contributed by atoms with Crippen molar-refractivity contribution in [2.75, 3.05) is 19.0 Å². The van der Waals surface area contributed by atoms with Gasteiger partial charge < -0.3 is 14.6 Å². The van der Waals surface area contributed by atoms with Gasteiger partial charge in [0.25, 0.3) is 0 Å². The Hall–Kier alpha value is -2.59. The molecule has 0 saturated heterocycles. The van der Waals surface area contributed by atoms with Gasteiger partial charge in [-0.3, -0.25) is 4.79 Å². The molecule has 134 valence electrons. The van der Waals surface area contributed by atoms with E-state index in [9.17, 15) is 4.79 Å². The number of nitrogens with zero attached hydrogens (tertiary/aromatic N) is 1. The molecule has 4 rings (SSSR count). The molecule has 1 amide bonds. The van der Waals surface area contributed by atoms with E-state index in [0.717, 1.165) is 35.1 Å². The number of nitrogens with one attached hydrogen (secondary N) is 1. The monoisotopic (exact) mass is 348 g/mol. The van der Waals surface area contributed by atoms with Gasteiger partial charge in [-0.25, -0.2) is 0 Å². The Kier molecular flexibility index (Phi) is 4.76. The van der Waals surface area contributed by atoms with Crippen LogP contribution in [0.1, 0.15) is 23.1 Å². The number of anilines is 1. The van der Waals surface area contributed by atoms with Gasteiger partial charge in [-0.1, -0.05) is 18.2 Å². The van der Waals surface area contributed by atoms with Crippen LogP contribution in [0.25, 0.3) is 10.9 Å². The van der Waals surface area contributed by atoms with Gasteiger partial charge in [0.05, 0.1) is 13.0 Å². The first-order chi connectivity index (χ1) is 12.7.